The quantitative estimate of drug-likeness (QED) is 0.0261. The maximum absolute atomic E-state index is 12.9. The zero-order valence-electron chi connectivity index (χ0n) is 41.9. The summed E-state index contributed by atoms with van der Waals surface area (Å²) in [7, 11) is 0. The molecule has 380 valence electrons. The predicted octanol–water partition coefficient (Wildman–Crippen LogP) is 12.7. The second-order valence-electron chi connectivity index (χ2n) is 18.3. The molecule has 7 unspecified atom stereocenters. The number of rotatable bonds is 44. The van der Waals surface area contributed by atoms with Crippen molar-refractivity contribution in [2.24, 2.45) is 0 Å². The average Bonchev–Trinajstić information content (AvgIpc) is 3.32. The van der Waals surface area contributed by atoms with Gasteiger partial charge in [-0.15, -0.1) is 0 Å². The molecule has 0 radical (unpaired) electrons. The van der Waals surface area contributed by atoms with Gasteiger partial charge in [0.15, 0.2) is 6.29 Å². The Morgan fingerprint density at radius 3 is 1.44 bits per heavy atom. The van der Waals surface area contributed by atoms with Gasteiger partial charge in [0.1, 0.15) is 24.4 Å². The standard InChI is InChI=1S/C57H99NO8/c1-3-5-7-9-11-13-15-17-18-19-20-21-22-23-24-25-26-27-28-29-30-31-32-33-35-36-38-40-42-44-46-51(60)50(49-65-57-56(64)55(63)54(62)52(48-59)66-57)58-53(61)47-45-43-41-39-37-34-16-14-12-10-8-6-4-2/h6,8,12,14,31-32,34,36-38,41,43-44,46,50-52,54-57,59-60,62-64H,3-5,7,9-11,13,15-30,33,35,39-40,42,45,47-49H2,1-2H3,(H,58,61)/b8-6-,14-12-,32-31+,37-34-,38-36+,43-41-,46-44+. The first kappa shape index (κ1) is 61.4. The van der Waals surface area contributed by atoms with E-state index >= 15 is 0 Å². The van der Waals surface area contributed by atoms with E-state index in [2.05, 4.69) is 79.9 Å². The summed E-state index contributed by atoms with van der Waals surface area (Å²) < 4.78 is 11.2. The Bertz CT molecular complexity index is 1300. The van der Waals surface area contributed by atoms with Gasteiger partial charge in [0.05, 0.1) is 25.4 Å². The highest BCUT2D eigenvalue weighted by molar-refractivity contribution is 5.76. The van der Waals surface area contributed by atoms with Crippen molar-refractivity contribution in [1.29, 1.82) is 0 Å². The minimum absolute atomic E-state index is 0.209. The van der Waals surface area contributed by atoms with Crippen molar-refractivity contribution in [1.82, 2.24) is 5.32 Å². The Morgan fingerprint density at radius 1 is 0.530 bits per heavy atom. The molecular weight excluding hydrogens is 827 g/mol. The highest BCUT2D eigenvalue weighted by Gasteiger charge is 2.44. The zero-order valence-corrected chi connectivity index (χ0v) is 41.9. The first-order valence-corrected chi connectivity index (χ1v) is 26.8. The first-order chi connectivity index (χ1) is 32.3. The number of amides is 1. The van der Waals surface area contributed by atoms with Crippen molar-refractivity contribution in [3.05, 3.63) is 85.1 Å². The van der Waals surface area contributed by atoms with Crippen LogP contribution in [0.15, 0.2) is 85.1 Å². The molecule has 0 aliphatic carbocycles. The van der Waals surface area contributed by atoms with E-state index in [-0.39, 0.29) is 18.9 Å². The molecule has 0 aromatic rings. The topological polar surface area (TPSA) is 149 Å². The van der Waals surface area contributed by atoms with E-state index < -0.39 is 49.5 Å². The molecule has 0 spiro atoms. The third-order valence-electron chi connectivity index (χ3n) is 12.2. The van der Waals surface area contributed by atoms with Crippen LogP contribution in [0.25, 0.3) is 0 Å². The highest BCUT2D eigenvalue weighted by atomic mass is 16.7. The van der Waals surface area contributed by atoms with Crippen LogP contribution in [0.1, 0.15) is 213 Å². The van der Waals surface area contributed by atoms with Gasteiger partial charge in [-0.3, -0.25) is 4.79 Å². The Balaban J connectivity index is 2.27. The minimum atomic E-state index is -1.59. The predicted molar refractivity (Wildman–Crippen MR) is 276 cm³/mol. The molecule has 1 amide bonds. The summed E-state index contributed by atoms with van der Waals surface area (Å²) in [5.41, 5.74) is 0. The van der Waals surface area contributed by atoms with Crippen LogP contribution in [0.5, 0.6) is 0 Å². The molecule has 6 N–H and O–H groups in total. The molecular formula is C57H99NO8. The van der Waals surface area contributed by atoms with Gasteiger partial charge in [-0.2, -0.15) is 0 Å². The number of carbonyl (C=O) groups excluding carboxylic acids is 1. The molecule has 7 atom stereocenters. The van der Waals surface area contributed by atoms with Crippen molar-refractivity contribution in [2.75, 3.05) is 13.2 Å². The van der Waals surface area contributed by atoms with E-state index in [0.29, 0.717) is 12.8 Å². The van der Waals surface area contributed by atoms with Gasteiger partial charge in [0, 0.05) is 6.42 Å². The summed E-state index contributed by atoms with van der Waals surface area (Å²) in [5, 5.41) is 54.2. The summed E-state index contributed by atoms with van der Waals surface area (Å²) in [6.45, 7) is 3.59. The first-order valence-electron chi connectivity index (χ1n) is 26.8. The van der Waals surface area contributed by atoms with Gasteiger partial charge in [0.2, 0.25) is 5.91 Å². The molecule has 1 fully saturated rings. The maximum atomic E-state index is 12.9. The van der Waals surface area contributed by atoms with Crippen LogP contribution in [0, 0.1) is 0 Å². The summed E-state index contributed by atoms with van der Waals surface area (Å²) in [5.74, 6) is -0.273. The van der Waals surface area contributed by atoms with E-state index in [0.717, 1.165) is 51.4 Å². The van der Waals surface area contributed by atoms with Gasteiger partial charge in [-0.25, -0.2) is 0 Å². The van der Waals surface area contributed by atoms with Crippen molar-refractivity contribution in [3.63, 3.8) is 0 Å². The Kier molecular flexibility index (Phi) is 42.9. The third-order valence-corrected chi connectivity index (χ3v) is 12.2. The lowest BCUT2D eigenvalue weighted by Crippen LogP contribution is -2.60. The van der Waals surface area contributed by atoms with Crippen molar-refractivity contribution in [2.45, 2.75) is 256 Å². The minimum Gasteiger partial charge on any atom is -0.394 e. The molecule has 0 aromatic heterocycles. The zero-order chi connectivity index (χ0) is 48.0. The lowest BCUT2D eigenvalue weighted by molar-refractivity contribution is -0.302. The molecule has 0 bridgehead atoms. The van der Waals surface area contributed by atoms with E-state index in [1.165, 1.54) is 128 Å². The van der Waals surface area contributed by atoms with Crippen LogP contribution in [0.2, 0.25) is 0 Å². The average molecular weight is 926 g/mol. The van der Waals surface area contributed by atoms with Crippen molar-refractivity contribution in [3.8, 4) is 0 Å². The van der Waals surface area contributed by atoms with Crippen molar-refractivity contribution < 1.29 is 39.8 Å². The van der Waals surface area contributed by atoms with Crippen LogP contribution in [0.4, 0.5) is 0 Å². The molecule has 1 rings (SSSR count). The van der Waals surface area contributed by atoms with Crippen molar-refractivity contribution >= 4 is 5.91 Å². The second-order valence-corrected chi connectivity index (χ2v) is 18.3. The monoisotopic (exact) mass is 926 g/mol. The summed E-state index contributed by atoms with van der Waals surface area (Å²) in [6, 6.07) is -0.871. The summed E-state index contributed by atoms with van der Waals surface area (Å²) in [6.07, 6.45) is 58.3. The molecule has 1 heterocycles. The number of allylic oxidation sites excluding steroid dienone is 13. The summed E-state index contributed by atoms with van der Waals surface area (Å²) >= 11 is 0. The lowest BCUT2D eigenvalue weighted by Gasteiger charge is -2.40. The lowest BCUT2D eigenvalue weighted by atomic mass is 9.99. The van der Waals surface area contributed by atoms with E-state index in [1.807, 2.05) is 18.2 Å². The van der Waals surface area contributed by atoms with Crippen LogP contribution in [-0.4, -0.2) is 87.5 Å². The number of unbranched alkanes of at least 4 members (excludes halogenated alkanes) is 22. The Hall–Kier alpha value is -2.63. The number of hydrogen-bond donors (Lipinski definition) is 6. The van der Waals surface area contributed by atoms with Gasteiger partial charge in [-0.1, -0.05) is 221 Å². The summed E-state index contributed by atoms with van der Waals surface area (Å²) in [4.78, 5) is 12.9. The Labute approximate surface area is 403 Å². The van der Waals surface area contributed by atoms with Gasteiger partial charge >= 0.3 is 0 Å². The van der Waals surface area contributed by atoms with E-state index in [9.17, 15) is 30.3 Å². The number of aliphatic hydroxyl groups excluding tert-OH is 5. The normalized spacial score (nSPS) is 20.5. The molecule has 0 aromatic carbocycles. The fourth-order valence-corrected chi connectivity index (χ4v) is 7.96. The van der Waals surface area contributed by atoms with Crippen LogP contribution < -0.4 is 5.32 Å². The second kappa shape index (κ2) is 46.1. The molecule has 1 aliphatic heterocycles. The number of nitrogens with one attached hydrogen (secondary N) is 1. The largest absolute Gasteiger partial charge is 0.394 e. The molecule has 66 heavy (non-hydrogen) atoms. The van der Waals surface area contributed by atoms with Gasteiger partial charge in [-0.05, 0) is 70.6 Å². The fourth-order valence-electron chi connectivity index (χ4n) is 7.96. The molecule has 9 heteroatoms. The number of hydrogen-bond acceptors (Lipinski definition) is 8. The maximum Gasteiger partial charge on any atom is 0.220 e. The van der Waals surface area contributed by atoms with Crippen LogP contribution in [0.3, 0.4) is 0 Å². The fraction of sp³-hybridized carbons (Fsp3) is 0.737. The smallest absolute Gasteiger partial charge is 0.220 e. The number of carbonyl (C=O) groups is 1. The van der Waals surface area contributed by atoms with Gasteiger partial charge < -0.3 is 40.3 Å². The number of aliphatic hydroxyl groups is 5. The van der Waals surface area contributed by atoms with Gasteiger partial charge in [0.25, 0.3) is 0 Å². The Morgan fingerprint density at radius 2 is 0.955 bits per heavy atom. The third kappa shape index (κ3) is 35.5. The number of ether oxygens (including phenoxy) is 2. The van der Waals surface area contributed by atoms with E-state index in [4.69, 9.17) is 9.47 Å². The molecule has 9 nitrogen and oxygen atoms in total. The highest BCUT2D eigenvalue weighted by Crippen LogP contribution is 2.23. The SMILES string of the molecule is CC/C=C\C/C=C\C/C=C\C/C=C\CCC(=O)NC(COC1OC(CO)C(O)C(O)C1O)C(O)/C=C/CC/C=C/CC/C=C/CCCCCCCCCCCCCCCCCCCCCC. The molecule has 1 saturated heterocycles. The van der Waals surface area contributed by atoms with E-state index in [1.54, 1.807) is 6.08 Å². The van der Waals surface area contributed by atoms with Crippen LogP contribution >= 0.6 is 0 Å². The molecule has 1 aliphatic rings. The molecule has 0 saturated carbocycles. The van der Waals surface area contributed by atoms with Crippen LogP contribution in [-0.2, 0) is 14.3 Å².